The molecule has 0 aliphatic heterocycles. The lowest BCUT2D eigenvalue weighted by Crippen LogP contribution is -2.35. The molecular weight excluding hydrogens is 290 g/mol. The van der Waals surface area contributed by atoms with E-state index in [1.807, 2.05) is 25.5 Å². The van der Waals surface area contributed by atoms with Crippen LogP contribution >= 0.6 is 23.4 Å². The van der Waals surface area contributed by atoms with Crippen LogP contribution < -0.4 is 5.32 Å². The molecule has 0 radical (unpaired) electrons. The number of nitrogens with one attached hydrogen (secondary N) is 1. The van der Waals surface area contributed by atoms with Crippen LogP contribution in [0.15, 0.2) is 40.4 Å². The second-order valence-corrected chi connectivity index (χ2v) is 7.34. The summed E-state index contributed by atoms with van der Waals surface area (Å²) >= 11 is 7.99. The normalized spacial score (nSPS) is 11.8. The van der Waals surface area contributed by atoms with E-state index in [-0.39, 0.29) is 5.54 Å². The van der Waals surface area contributed by atoms with E-state index in [0.29, 0.717) is 0 Å². The smallest absolute Gasteiger partial charge is 0.0629 e. The molecule has 2 aromatic rings. The number of aryl methyl sites for hydroxylation is 1. The van der Waals surface area contributed by atoms with Gasteiger partial charge in [-0.1, -0.05) is 29.4 Å². The Balaban J connectivity index is 2.06. The van der Waals surface area contributed by atoms with E-state index < -0.39 is 0 Å². The van der Waals surface area contributed by atoms with Gasteiger partial charge >= 0.3 is 0 Å². The quantitative estimate of drug-likeness (QED) is 0.921. The lowest BCUT2D eigenvalue weighted by Gasteiger charge is -2.20. The second-order valence-electron chi connectivity index (χ2n) is 5.82. The number of halogens is 1. The molecule has 1 heterocycles. The average molecular weight is 310 g/mol. The van der Waals surface area contributed by atoms with E-state index in [1.54, 1.807) is 16.4 Å². The third kappa shape index (κ3) is 4.54. The molecule has 20 heavy (non-hydrogen) atoms. The molecule has 0 aliphatic rings. The van der Waals surface area contributed by atoms with E-state index in [0.717, 1.165) is 21.4 Å². The van der Waals surface area contributed by atoms with Gasteiger partial charge in [-0.15, -0.1) is 0 Å². The molecule has 2 rings (SSSR count). The molecule has 1 aromatic heterocycles. The molecule has 0 unspecified atom stereocenters. The van der Waals surface area contributed by atoms with Gasteiger partial charge in [0.05, 0.1) is 16.1 Å². The molecule has 0 fully saturated rings. The summed E-state index contributed by atoms with van der Waals surface area (Å²) in [5, 5.41) is 8.40. The van der Waals surface area contributed by atoms with Gasteiger partial charge in [-0.3, -0.25) is 4.68 Å². The van der Waals surface area contributed by atoms with Crippen molar-refractivity contribution in [2.75, 3.05) is 0 Å². The molecule has 0 bridgehead atoms. The maximum absolute atomic E-state index is 6.36. The maximum Gasteiger partial charge on any atom is 0.0629 e. The fourth-order valence-electron chi connectivity index (χ4n) is 1.68. The molecule has 5 heteroatoms. The zero-order chi connectivity index (χ0) is 14.8. The number of nitrogens with zero attached hydrogens (tertiary/aromatic N) is 2. The number of aromatic nitrogens is 2. The summed E-state index contributed by atoms with van der Waals surface area (Å²) in [4.78, 5) is 2.15. The summed E-state index contributed by atoms with van der Waals surface area (Å²) < 4.78 is 1.79. The molecule has 0 spiro atoms. The van der Waals surface area contributed by atoms with Crippen LogP contribution in [-0.2, 0) is 13.6 Å². The van der Waals surface area contributed by atoms with Crippen molar-refractivity contribution in [3.8, 4) is 0 Å². The van der Waals surface area contributed by atoms with Crippen LogP contribution in [0.4, 0.5) is 0 Å². The van der Waals surface area contributed by atoms with Crippen LogP contribution in [0.3, 0.4) is 0 Å². The minimum Gasteiger partial charge on any atom is -0.308 e. The van der Waals surface area contributed by atoms with Gasteiger partial charge < -0.3 is 5.32 Å². The van der Waals surface area contributed by atoms with E-state index in [2.05, 4.69) is 43.3 Å². The van der Waals surface area contributed by atoms with Gasteiger partial charge in [-0.05, 0) is 38.5 Å². The largest absolute Gasteiger partial charge is 0.308 e. The molecule has 1 N–H and O–H groups in total. The molecule has 0 aliphatic carbocycles. The van der Waals surface area contributed by atoms with Crippen LogP contribution in [0.2, 0.25) is 5.02 Å². The van der Waals surface area contributed by atoms with Gasteiger partial charge in [-0.2, -0.15) is 5.10 Å². The highest BCUT2D eigenvalue weighted by atomic mass is 35.5. The van der Waals surface area contributed by atoms with Gasteiger partial charge in [0, 0.05) is 30.2 Å². The Labute approximate surface area is 129 Å². The van der Waals surface area contributed by atoms with Gasteiger partial charge in [0.15, 0.2) is 0 Å². The number of hydrogen-bond donors (Lipinski definition) is 1. The first-order chi connectivity index (χ1) is 9.33. The number of benzene rings is 1. The minimum atomic E-state index is 0.107. The third-order valence-corrected chi connectivity index (χ3v) is 4.18. The average Bonchev–Trinajstić information content (AvgIpc) is 2.74. The van der Waals surface area contributed by atoms with Crippen LogP contribution in [0.5, 0.6) is 0 Å². The van der Waals surface area contributed by atoms with Crippen molar-refractivity contribution in [3.63, 3.8) is 0 Å². The van der Waals surface area contributed by atoms with E-state index in [9.17, 15) is 0 Å². The number of rotatable bonds is 4. The molecule has 108 valence electrons. The van der Waals surface area contributed by atoms with Crippen LogP contribution in [0.1, 0.15) is 26.3 Å². The third-order valence-electron chi connectivity index (χ3n) is 2.73. The molecule has 0 atom stereocenters. The first-order valence-corrected chi connectivity index (χ1v) is 7.73. The monoisotopic (exact) mass is 309 g/mol. The lowest BCUT2D eigenvalue weighted by molar-refractivity contribution is 0.424. The topological polar surface area (TPSA) is 29.9 Å². The van der Waals surface area contributed by atoms with Crippen molar-refractivity contribution in [2.45, 2.75) is 42.6 Å². The van der Waals surface area contributed by atoms with Crippen LogP contribution in [0, 0.1) is 0 Å². The first-order valence-electron chi connectivity index (χ1n) is 6.53. The van der Waals surface area contributed by atoms with Crippen molar-refractivity contribution >= 4 is 23.4 Å². The fourth-order valence-corrected chi connectivity index (χ4v) is 2.85. The zero-order valence-corrected chi connectivity index (χ0v) is 13.8. The Bertz CT molecular complexity index is 587. The van der Waals surface area contributed by atoms with Gasteiger partial charge in [0.1, 0.15) is 0 Å². The Kier molecular flexibility index (Phi) is 4.78. The van der Waals surface area contributed by atoms with Crippen LogP contribution in [0.25, 0.3) is 0 Å². The summed E-state index contributed by atoms with van der Waals surface area (Å²) in [6.45, 7) is 7.28. The Morgan fingerprint density at radius 2 is 2.10 bits per heavy atom. The van der Waals surface area contributed by atoms with Crippen molar-refractivity contribution in [3.05, 3.63) is 41.2 Å². The van der Waals surface area contributed by atoms with Crippen molar-refractivity contribution < 1.29 is 0 Å². The van der Waals surface area contributed by atoms with E-state index >= 15 is 0 Å². The number of hydrogen-bond acceptors (Lipinski definition) is 3. The fraction of sp³-hybridized carbons (Fsp3) is 0.400. The zero-order valence-electron chi connectivity index (χ0n) is 12.3. The van der Waals surface area contributed by atoms with Gasteiger partial charge in [0.25, 0.3) is 0 Å². The predicted octanol–water partition coefficient (Wildman–Crippen LogP) is 4.11. The summed E-state index contributed by atoms with van der Waals surface area (Å²) in [7, 11) is 1.91. The highest BCUT2D eigenvalue weighted by Gasteiger charge is 2.10. The molecule has 1 aromatic carbocycles. The summed E-state index contributed by atoms with van der Waals surface area (Å²) in [6.07, 6.45) is 3.83. The van der Waals surface area contributed by atoms with Gasteiger partial charge in [0.2, 0.25) is 0 Å². The molecular formula is C15H20ClN3S. The SMILES string of the molecule is Cn1cc(Sc2ccc(CNC(C)(C)C)cc2Cl)cn1. The molecule has 0 saturated heterocycles. The Morgan fingerprint density at radius 1 is 1.35 bits per heavy atom. The highest BCUT2D eigenvalue weighted by molar-refractivity contribution is 7.99. The predicted molar refractivity (Wildman–Crippen MR) is 85.4 cm³/mol. The van der Waals surface area contributed by atoms with Crippen molar-refractivity contribution in [1.82, 2.24) is 15.1 Å². The van der Waals surface area contributed by atoms with Gasteiger partial charge in [-0.25, -0.2) is 0 Å². The summed E-state index contributed by atoms with van der Waals surface area (Å²) in [5.41, 5.74) is 1.30. The standard InChI is InChI=1S/C15H20ClN3S/c1-15(2,3)17-8-11-5-6-14(13(16)7-11)20-12-9-18-19(4)10-12/h5-7,9-10,17H,8H2,1-4H3. The van der Waals surface area contributed by atoms with E-state index in [1.165, 1.54) is 5.56 Å². The summed E-state index contributed by atoms with van der Waals surface area (Å²) in [5.74, 6) is 0. The second kappa shape index (κ2) is 6.20. The maximum atomic E-state index is 6.36. The van der Waals surface area contributed by atoms with E-state index in [4.69, 9.17) is 11.6 Å². The Hall–Kier alpha value is -0.970. The molecule has 0 amide bonds. The van der Waals surface area contributed by atoms with Crippen molar-refractivity contribution in [2.24, 2.45) is 7.05 Å². The van der Waals surface area contributed by atoms with Crippen LogP contribution in [-0.4, -0.2) is 15.3 Å². The minimum absolute atomic E-state index is 0.107. The Morgan fingerprint density at radius 3 is 2.65 bits per heavy atom. The first kappa shape index (κ1) is 15.4. The van der Waals surface area contributed by atoms with Crippen molar-refractivity contribution in [1.29, 1.82) is 0 Å². The molecule has 3 nitrogen and oxygen atoms in total. The summed E-state index contributed by atoms with van der Waals surface area (Å²) in [6, 6.07) is 6.21. The highest BCUT2D eigenvalue weighted by Crippen LogP contribution is 2.33. The lowest BCUT2D eigenvalue weighted by atomic mass is 10.1. The molecule has 0 saturated carbocycles.